The van der Waals surface area contributed by atoms with Crippen molar-refractivity contribution in [1.29, 1.82) is 0 Å². The third-order valence-corrected chi connectivity index (χ3v) is 7.67. The van der Waals surface area contributed by atoms with Gasteiger partial charge in [0.05, 0.1) is 12.8 Å². The molecule has 174 valence electrons. The number of benzene rings is 1. The van der Waals surface area contributed by atoms with E-state index in [0.29, 0.717) is 31.7 Å². The van der Waals surface area contributed by atoms with Crippen LogP contribution in [-0.4, -0.2) is 48.8 Å². The van der Waals surface area contributed by atoms with Crippen LogP contribution in [0.3, 0.4) is 0 Å². The average molecular weight is 472 g/mol. The molecule has 32 heavy (non-hydrogen) atoms. The minimum Gasteiger partial charge on any atom is -0.465 e. The van der Waals surface area contributed by atoms with Crippen LogP contribution >= 0.6 is 0 Å². The van der Waals surface area contributed by atoms with Crippen molar-refractivity contribution in [2.24, 2.45) is 5.92 Å². The van der Waals surface area contributed by atoms with Gasteiger partial charge in [0, 0.05) is 36.5 Å². The topological polar surface area (TPSA) is 98.7 Å². The van der Waals surface area contributed by atoms with Gasteiger partial charge >= 0.3 is 6.09 Å². The Bertz CT molecular complexity index is 1110. The van der Waals surface area contributed by atoms with Crippen molar-refractivity contribution < 1.29 is 31.5 Å². The van der Waals surface area contributed by atoms with Crippen molar-refractivity contribution in [1.82, 2.24) is 14.9 Å². The van der Waals surface area contributed by atoms with Gasteiger partial charge in [0.2, 0.25) is 10.0 Å². The van der Waals surface area contributed by atoms with Crippen LogP contribution in [0.4, 0.5) is 18.0 Å². The van der Waals surface area contributed by atoms with Crippen LogP contribution in [0, 0.1) is 23.4 Å². The summed E-state index contributed by atoms with van der Waals surface area (Å²) in [4.78, 5) is 11.4. The zero-order chi connectivity index (χ0) is 23.2. The summed E-state index contributed by atoms with van der Waals surface area (Å²) < 4.78 is 66.5. The maximum atomic E-state index is 14.4. The first-order valence-electron chi connectivity index (χ1n) is 10.3. The summed E-state index contributed by atoms with van der Waals surface area (Å²) >= 11 is 0. The minimum atomic E-state index is -3.35. The van der Waals surface area contributed by atoms with Crippen molar-refractivity contribution in [2.75, 3.05) is 12.8 Å². The highest BCUT2D eigenvalue weighted by Gasteiger charge is 2.39. The summed E-state index contributed by atoms with van der Waals surface area (Å²) in [6, 6.07) is 0.564. The molecule has 1 aromatic carbocycles. The summed E-state index contributed by atoms with van der Waals surface area (Å²) in [6.45, 7) is 0.277. The number of fused-ring (bicyclic) bond motifs is 1. The summed E-state index contributed by atoms with van der Waals surface area (Å²) in [7, 11) is -3.35. The zero-order valence-corrected chi connectivity index (χ0v) is 18.1. The Morgan fingerprint density at radius 3 is 2.56 bits per heavy atom. The number of nitrogens with one attached hydrogen (secondary N) is 2. The highest BCUT2D eigenvalue weighted by Crippen LogP contribution is 2.41. The summed E-state index contributed by atoms with van der Waals surface area (Å²) in [6.07, 6.45) is 5.26. The molecule has 11 heteroatoms. The lowest BCUT2D eigenvalue weighted by Gasteiger charge is -2.41. The Balaban J connectivity index is 1.53. The Morgan fingerprint density at radius 2 is 1.88 bits per heavy atom. The molecule has 2 heterocycles. The molecule has 0 bridgehead atoms. The normalized spacial score (nSPS) is 27.8. The van der Waals surface area contributed by atoms with Gasteiger partial charge in [-0.3, -0.25) is 4.31 Å². The SMILES string of the molecule is CS(=O)(=O)N1C=C2CC([C@H]3CC[C@H](c4cc(F)c(F)cc4F)[C@@H](NC(=O)O)C3)NC=C2C1. The Kier molecular flexibility index (Phi) is 5.87. The molecule has 2 aliphatic heterocycles. The third kappa shape index (κ3) is 4.43. The Morgan fingerprint density at radius 1 is 1.16 bits per heavy atom. The van der Waals surface area contributed by atoms with Gasteiger partial charge in [0.25, 0.3) is 0 Å². The molecule has 1 saturated carbocycles. The molecular weight excluding hydrogens is 447 g/mol. The number of carbonyl (C=O) groups is 1. The van der Waals surface area contributed by atoms with Gasteiger partial charge in [0.15, 0.2) is 11.6 Å². The fraction of sp³-hybridized carbons (Fsp3) is 0.476. The quantitative estimate of drug-likeness (QED) is 0.587. The van der Waals surface area contributed by atoms with Crippen LogP contribution < -0.4 is 10.6 Å². The first kappa shape index (κ1) is 22.5. The van der Waals surface area contributed by atoms with Gasteiger partial charge in [0.1, 0.15) is 5.82 Å². The molecule has 7 nitrogen and oxygen atoms in total. The maximum Gasteiger partial charge on any atom is 0.404 e. The lowest BCUT2D eigenvalue weighted by Crippen LogP contribution is -2.47. The number of hydrogen-bond donors (Lipinski definition) is 3. The molecule has 1 unspecified atom stereocenters. The van der Waals surface area contributed by atoms with E-state index < -0.39 is 45.5 Å². The first-order valence-corrected chi connectivity index (χ1v) is 12.1. The van der Waals surface area contributed by atoms with E-state index in [0.717, 1.165) is 23.5 Å². The van der Waals surface area contributed by atoms with Crippen LogP contribution in [0.5, 0.6) is 0 Å². The third-order valence-electron chi connectivity index (χ3n) is 6.58. The van der Waals surface area contributed by atoms with Gasteiger partial charge < -0.3 is 15.7 Å². The molecule has 0 spiro atoms. The fourth-order valence-electron chi connectivity index (χ4n) is 4.99. The highest BCUT2D eigenvalue weighted by atomic mass is 32.2. The molecule has 1 fully saturated rings. The van der Waals surface area contributed by atoms with E-state index in [9.17, 15) is 31.5 Å². The van der Waals surface area contributed by atoms with Crippen molar-refractivity contribution >= 4 is 16.1 Å². The van der Waals surface area contributed by atoms with Gasteiger partial charge in [-0.15, -0.1) is 0 Å². The van der Waals surface area contributed by atoms with E-state index in [-0.39, 0.29) is 24.1 Å². The van der Waals surface area contributed by atoms with Gasteiger partial charge in [-0.2, -0.15) is 0 Å². The molecular formula is C21H24F3N3O4S. The van der Waals surface area contributed by atoms with Crippen LogP contribution in [-0.2, 0) is 10.0 Å². The van der Waals surface area contributed by atoms with Crippen molar-refractivity contribution in [3.63, 3.8) is 0 Å². The Hall–Kier alpha value is -2.69. The number of rotatable bonds is 4. The highest BCUT2D eigenvalue weighted by molar-refractivity contribution is 7.88. The van der Waals surface area contributed by atoms with E-state index in [4.69, 9.17) is 0 Å². The van der Waals surface area contributed by atoms with E-state index in [1.807, 2.05) is 0 Å². The summed E-state index contributed by atoms with van der Waals surface area (Å²) in [5.74, 6) is -3.97. The maximum absolute atomic E-state index is 14.4. The first-order chi connectivity index (χ1) is 15.0. The molecule has 0 saturated heterocycles. The van der Waals surface area contributed by atoms with E-state index in [1.54, 1.807) is 12.4 Å². The standard InChI is InChI=1S/C21H24F3N3O4S/c1-32(30,31)27-9-12-5-19(25-8-13(12)10-27)11-2-3-14(20(4-11)26-21(28)29)15-6-17(23)18(24)7-16(15)22/h6-9,11,14,19-20,25-26H,2-5,10H2,1H3,(H,28,29)/t11-,14+,19?,20-/m0/s1. The summed E-state index contributed by atoms with van der Waals surface area (Å²) in [5, 5.41) is 15.0. The van der Waals surface area contributed by atoms with Gasteiger partial charge in [-0.25, -0.2) is 26.4 Å². The predicted molar refractivity (Wildman–Crippen MR) is 111 cm³/mol. The second-order valence-corrected chi connectivity index (χ2v) is 10.6. The summed E-state index contributed by atoms with van der Waals surface area (Å²) in [5.41, 5.74) is 1.77. The van der Waals surface area contributed by atoms with Crippen molar-refractivity contribution in [3.8, 4) is 0 Å². The number of nitrogens with zero attached hydrogens (tertiary/aromatic N) is 1. The van der Waals surface area contributed by atoms with Crippen LogP contribution in [0.25, 0.3) is 0 Å². The van der Waals surface area contributed by atoms with E-state index in [1.165, 1.54) is 4.31 Å². The van der Waals surface area contributed by atoms with Crippen molar-refractivity contribution in [2.45, 2.75) is 43.7 Å². The number of amides is 1. The number of carboxylic acid groups (broad SMARTS) is 1. The fourth-order valence-corrected chi connectivity index (χ4v) is 5.69. The molecule has 1 aromatic rings. The molecule has 3 aliphatic rings. The second-order valence-electron chi connectivity index (χ2n) is 8.63. The van der Waals surface area contributed by atoms with Gasteiger partial charge in [-0.05, 0) is 54.4 Å². The smallest absolute Gasteiger partial charge is 0.404 e. The molecule has 4 rings (SSSR count). The zero-order valence-electron chi connectivity index (χ0n) is 17.3. The molecule has 1 amide bonds. The average Bonchev–Trinajstić information content (AvgIpc) is 3.14. The minimum absolute atomic E-state index is 0.0161. The molecule has 0 aromatic heterocycles. The van der Waals surface area contributed by atoms with E-state index >= 15 is 0 Å². The Labute approximate surface area is 184 Å². The van der Waals surface area contributed by atoms with Crippen molar-refractivity contribution in [3.05, 3.63) is 58.7 Å². The molecule has 4 atom stereocenters. The predicted octanol–water partition coefficient (Wildman–Crippen LogP) is 3.03. The molecule has 1 aliphatic carbocycles. The van der Waals surface area contributed by atoms with Crippen LogP contribution in [0.2, 0.25) is 0 Å². The monoisotopic (exact) mass is 471 g/mol. The lowest BCUT2D eigenvalue weighted by molar-refractivity contribution is 0.167. The lowest BCUT2D eigenvalue weighted by atomic mass is 9.71. The number of hydrogen-bond acceptors (Lipinski definition) is 4. The largest absolute Gasteiger partial charge is 0.465 e. The van der Waals surface area contributed by atoms with Crippen LogP contribution in [0.1, 0.15) is 37.2 Å². The van der Waals surface area contributed by atoms with Crippen LogP contribution in [0.15, 0.2) is 35.7 Å². The van der Waals surface area contributed by atoms with Gasteiger partial charge in [-0.1, -0.05) is 0 Å². The van der Waals surface area contributed by atoms with E-state index in [2.05, 4.69) is 10.6 Å². The molecule has 0 radical (unpaired) electrons. The second kappa shape index (κ2) is 8.34. The number of sulfonamides is 1. The molecule has 3 N–H and O–H groups in total. The number of halogens is 3.